The van der Waals surface area contributed by atoms with E-state index in [4.69, 9.17) is 0 Å². The minimum atomic E-state index is -1.10. The van der Waals surface area contributed by atoms with Crippen LogP contribution in [0.3, 0.4) is 0 Å². The van der Waals surface area contributed by atoms with Gasteiger partial charge in [-0.15, -0.1) is 0 Å². The Balaban J connectivity index is 1.71. The van der Waals surface area contributed by atoms with Crippen molar-refractivity contribution in [2.45, 2.75) is 31.7 Å². The summed E-state index contributed by atoms with van der Waals surface area (Å²) in [5.41, 5.74) is 2.43. The molecular formula is C21H21NO4. The summed E-state index contributed by atoms with van der Waals surface area (Å²) < 4.78 is 0. The lowest BCUT2D eigenvalue weighted by molar-refractivity contribution is -0.141. The van der Waals surface area contributed by atoms with E-state index in [0.717, 1.165) is 11.1 Å². The first-order chi connectivity index (χ1) is 12.5. The van der Waals surface area contributed by atoms with Crippen LogP contribution in [0.1, 0.15) is 36.0 Å². The first-order valence-electron chi connectivity index (χ1n) is 8.75. The number of amides is 1. The van der Waals surface area contributed by atoms with E-state index in [-0.39, 0.29) is 18.1 Å². The lowest BCUT2D eigenvalue weighted by Crippen LogP contribution is -2.47. The Morgan fingerprint density at radius 1 is 1.00 bits per heavy atom. The van der Waals surface area contributed by atoms with Gasteiger partial charge in [0.2, 0.25) is 0 Å². The summed E-state index contributed by atoms with van der Waals surface area (Å²) >= 11 is 0. The molecule has 0 spiro atoms. The molecule has 2 aromatic carbocycles. The lowest BCUT2D eigenvalue weighted by atomic mass is 9.83. The largest absolute Gasteiger partial charge is 0.480 e. The number of hydrogen-bond donors (Lipinski definition) is 2. The minimum absolute atomic E-state index is 0.0639. The molecule has 0 saturated heterocycles. The van der Waals surface area contributed by atoms with Crippen LogP contribution in [0.15, 0.2) is 54.6 Å². The maximum atomic E-state index is 12.5. The van der Waals surface area contributed by atoms with Gasteiger partial charge in [0.25, 0.3) is 5.91 Å². The molecule has 1 aliphatic rings. The second-order valence-corrected chi connectivity index (χ2v) is 6.63. The van der Waals surface area contributed by atoms with E-state index in [1.54, 1.807) is 12.1 Å². The molecular weight excluding hydrogens is 330 g/mol. The molecule has 1 aliphatic carbocycles. The highest BCUT2D eigenvalue weighted by atomic mass is 16.4. The van der Waals surface area contributed by atoms with Crippen molar-refractivity contribution in [2.24, 2.45) is 5.92 Å². The average Bonchev–Trinajstić information content (AvgIpc) is 2.66. The normalized spacial score (nSPS) is 18.2. The van der Waals surface area contributed by atoms with Crippen molar-refractivity contribution in [1.29, 1.82) is 0 Å². The highest BCUT2D eigenvalue weighted by molar-refractivity contribution is 5.97. The van der Waals surface area contributed by atoms with Crippen LogP contribution in [0, 0.1) is 5.92 Å². The zero-order valence-electron chi connectivity index (χ0n) is 14.4. The summed E-state index contributed by atoms with van der Waals surface area (Å²) in [6.45, 7) is 0. The molecule has 1 saturated carbocycles. The Hall–Kier alpha value is -2.95. The Labute approximate surface area is 152 Å². The van der Waals surface area contributed by atoms with Gasteiger partial charge in [0.15, 0.2) is 0 Å². The van der Waals surface area contributed by atoms with E-state index in [2.05, 4.69) is 5.32 Å². The number of Topliss-reactive ketones (excluding diaryl/α,β-unsaturated/α-hetero) is 1. The van der Waals surface area contributed by atoms with E-state index >= 15 is 0 Å². The van der Waals surface area contributed by atoms with Gasteiger partial charge in [-0.1, -0.05) is 42.5 Å². The number of carboxylic acids is 1. The summed E-state index contributed by atoms with van der Waals surface area (Å²) in [5, 5.41) is 12.1. The maximum Gasteiger partial charge on any atom is 0.326 e. The number of carbonyl (C=O) groups is 3. The Bertz CT molecular complexity index is 799. The van der Waals surface area contributed by atoms with Crippen LogP contribution in [0.25, 0.3) is 11.1 Å². The van der Waals surface area contributed by atoms with Crippen molar-refractivity contribution in [3.05, 3.63) is 60.2 Å². The topological polar surface area (TPSA) is 83.5 Å². The maximum absolute atomic E-state index is 12.5. The number of carboxylic acid groups (broad SMARTS) is 1. The zero-order valence-corrected chi connectivity index (χ0v) is 14.4. The van der Waals surface area contributed by atoms with Crippen LogP contribution in [-0.2, 0) is 9.59 Å². The van der Waals surface area contributed by atoms with Crippen molar-refractivity contribution in [1.82, 2.24) is 5.32 Å². The fourth-order valence-corrected chi connectivity index (χ4v) is 3.39. The summed E-state index contributed by atoms with van der Waals surface area (Å²) in [5.74, 6) is -1.82. The molecule has 5 heteroatoms. The van der Waals surface area contributed by atoms with Gasteiger partial charge in [-0.2, -0.15) is 0 Å². The van der Waals surface area contributed by atoms with E-state index in [0.29, 0.717) is 24.8 Å². The molecule has 0 unspecified atom stereocenters. The van der Waals surface area contributed by atoms with E-state index in [1.807, 2.05) is 42.5 Å². The van der Waals surface area contributed by atoms with Crippen molar-refractivity contribution < 1.29 is 19.5 Å². The SMILES string of the molecule is O=C1CCC[C@@H]([C@@H](NC(=O)c2ccc(-c3ccccc3)cc2)C(=O)O)C1. The summed E-state index contributed by atoms with van der Waals surface area (Å²) in [6, 6.07) is 15.8. The number of ketones is 1. The van der Waals surface area contributed by atoms with Crippen molar-refractivity contribution in [3.63, 3.8) is 0 Å². The number of aliphatic carboxylic acids is 1. The molecule has 5 nitrogen and oxygen atoms in total. The summed E-state index contributed by atoms with van der Waals surface area (Å²) in [4.78, 5) is 35.7. The van der Waals surface area contributed by atoms with Crippen molar-refractivity contribution >= 4 is 17.7 Å². The quantitative estimate of drug-likeness (QED) is 0.866. The standard InChI is InChI=1S/C21H21NO4/c23-18-8-4-7-17(13-18)19(21(25)26)22-20(24)16-11-9-15(10-12-16)14-5-2-1-3-6-14/h1-3,5-6,9-12,17,19H,4,7-8,13H2,(H,22,24)(H,25,26)/t17-,19-/m1/s1. The fraction of sp³-hybridized carbons (Fsp3) is 0.286. The third-order valence-corrected chi connectivity index (χ3v) is 4.80. The Morgan fingerprint density at radius 2 is 1.65 bits per heavy atom. The third-order valence-electron chi connectivity index (χ3n) is 4.80. The number of carbonyl (C=O) groups excluding carboxylic acids is 2. The number of nitrogens with one attached hydrogen (secondary N) is 1. The van der Waals surface area contributed by atoms with Gasteiger partial charge in [-0.25, -0.2) is 4.79 Å². The fourth-order valence-electron chi connectivity index (χ4n) is 3.39. The van der Waals surface area contributed by atoms with Gasteiger partial charge in [-0.05, 0) is 42.0 Å². The Morgan fingerprint density at radius 3 is 2.27 bits per heavy atom. The van der Waals surface area contributed by atoms with Crippen LogP contribution < -0.4 is 5.32 Å². The zero-order chi connectivity index (χ0) is 18.5. The van der Waals surface area contributed by atoms with E-state index in [1.165, 1.54) is 0 Å². The molecule has 0 bridgehead atoms. The van der Waals surface area contributed by atoms with Crippen LogP contribution in [0.2, 0.25) is 0 Å². The molecule has 2 aromatic rings. The molecule has 1 amide bonds. The first-order valence-corrected chi connectivity index (χ1v) is 8.75. The number of benzene rings is 2. The van der Waals surface area contributed by atoms with Crippen molar-refractivity contribution in [2.75, 3.05) is 0 Å². The van der Waals surface area contributed by atoms with Crippen molar-refractivity contribution in [3.8, 4) is 11.1 Å². The van der Waals surface area contributed by atoms with Crippen LogP contribution >= 0.6 is 0 Å². The highest BCUT2D eigenvalue weighted by Gasteiger charge is 2.33. The molecule has 0 heterocycles. The third kappa shape index (κ3) is 4.17. The molecule has 0 aromatic heterocycles. The lowest BCUT2D eigenvalue weighted by Gasteiger charge is -2.27. The second kappa shape index (κ2) is 7.95. The molecule has 2 N–H and O–H groups in total. The molecule has 26 heavy (non-hydrogen) atoms. The number of rotatable bonds is 5. The Kier molecular flexibility index (Phi) is 5.46. The highest BCUT2D eigenvalue weighted by Crippen LogP contribution is 2.25. The van der Waals surface area contributed by atoms with E-state index in [9.17, 15) is 19.5 Å². The van der Waals surface area contributed by atoms with Crippen LogP contribution in [0.5, 0.6) is 0 Å². The van der Waals surface area contributed by atoms with Gasteiger partial charge in [-0.3, -0.25) is 9.59 Å². The number of hydrogen-bond acceptors (Lipinski definition) is 3. The van der Waals surface area contributed by atoms with Crippen LogP contribution in [0.4, 0.5) is 0 Å². The van der Waals surface area contributed by atoms with Gasteiger partial charge >= 0.3 is 5.97 Å². The first kappa shape index (κ1) is 17.9. The molecule has 0 radical (unpaired) electrons. The summed E-state index contributed by atoms with van der Waals surface area (Å²) in [6.07, 6.45) is 2.02. The molecule has 3 rings (SSSR count). The molecule has 1 fully saturated rings. The molecule has 134 valence electrons. The monoisotopic (exact) mass is 351 g/mol. The summed E-state index contributed by atoms with van der Waals surface area (Å²) in [7, 11) is 0. The van der Waals surface area contributed by atoms with E-state index < -0.39 is 17.9 Å². The predicted octanol–water partition coefficient (Wildman–Crippen LogP) is 3.30. The molecule has 0 aliphatic heterocycles. The molecule has 2 atom stereocenters. The van der Waals surface area contributed by atoms with Gasteiger partial charge < -0.3 is 10.4 Å². The van der Waals surface area contributed by atoms with Crippen LogP contribution in [-0.4, -0.2) is 28.8 Å². The average molecular weight is 351 g/mol. The minimum Gasteiger partial charge on any atom is -0.480 e. The van der Waals surface area contributed by atoms with Gasteiger partial charge in [0.1, 0.15) is 11.8 Å². The smallest absolute Gasteiger partial charge is 0.326 e. The second-order valence-electron chi connectivity index (χ2n) is 6.63. The van der Waals surface area contributed by atoms with Gasteiger partial charge in [0.05, 0.1) is 0 Å². The predicted molar refractivity (Wildman–Crippen MR) is 97.7 cm³/mol. The van der Waals surface area contributed by atoms with Gasteiger partial charge in [0, 0.05) is 18.4 Å².